The van der Waals surface area contributed by atoms with Gasteiger partial charge in [0.2, 0.25) is 0 Å². The van der Waals surface area contributed by atoms with Crippen molar-refractivity contribution in [1.82, 2.24) is 10.4 Å². The minimum absolute atomic E-state index is 0.285. The molecular formula is C19H16BrN3O2. The summed E-state index contributed by atoms with van der Waals surface area (Å²) < 4.78 is 6.37. The Morgan fingerprint density at radius 2 is 2.08 bits per heavy atom. The highest BCUT2D eigenvalue weighted by atomic mass is 79.9. The molecule has 0 radical (unpaired) electrons. The first-order valence-corrected chi connectivity index (χ1v) is 8.40. The number of halogens is 1. The standard InChI is InChI=1S/C19H16BrN3O2/c1-2-9-25-16-6-3-13(4-7-16)19(24)23-22-12-14-11-21-18-8-5-15(20)10-17(14)18/h2-8,10-12,21H,1,9H2,(H,23,24)/b22-12+. The molecule has 2 aromatic carbocycles. The molecule has 1 heterocycles. The topological polar surface area (TPSA) is 66.5 Å². The number of aromatic amines is 1. The molecule has 5 nitrogen and oxygen atoms in total. The molecule has 6 heteroatoms. The number of amides is 1. The Morgan fingerprint density at radius 3 is 2.84 bits per heavy atom. The number of hydrogen-bond acceptors (Lipinski definition) is 3. The van der Waals surface area contributed by atoms with E-state index in [0.717, 1.165) is 20.9 Å². The molecule has 0 saturated heterocycles. The van der Waals surface area contributed by atoms with Crippen molar-refractivity contribution in [2.45, 2.75) is 0 Å². The number of ether oxygens (including phenoxy) is 1. The van der Waals surface area contributed by atoms with Crippen molar-refractivity contribution in [3.8, 4) is 5.75 Å². The van der Waals surface area contributed by atoms with Crippen LogP contribution in [0.5, 0.6) is 5.75 Å². The molecule has 0 atom stereocenters. The zero-order valence-electron chi connectivity index (χ0n) is 13.3. The summed E-state index contributed by atoms with van der Waals surface area (Å²) in [6, 6.07) is 12.8. The van der Waals surface area contributed by atoms with Crippen LogP contribution in [0.2, 0.25) is 0 Å². The van der Waals surface area contributed by atoms with Crippen molar-refractivity contribution >= 4 is 39.0 Å². The zero-order chi connectivity index (χ0) is 17.6. The van der Waals surface area contributed by atoms with E-state index < -0.39 is 0 Å². The van der Waals surface area contributed by atoms with Gasteiger partial charge < -0.3 is 9.72 Å². The second-order valence-corrected chi connectivity index (χ2v) is 6.17. The summed E-state index contributed by atoms with van der Waals surface area (Å²) in [5, 5.41) is 5.06. The number of carbonyl (C=O) groups excluding carboxylic acids is 1. The van der Waals surface area contributed by atoms with Gasteiger partial charge in [0.05, 0.1) is 6.21 Å². The van der Waals surface area contributed by atoms with E-state index in [1.165, 1.54) is 0 Å². The maximum atomic E-state index is 12.1. The van der Waals surface area contributed by atoms with E-state index in [1.54, 1.807) is 36.6 Å². The predicted molar refractivity (Wildman–Crippen MR) is 103 cm³/mol. The minimum atomic E-state index is -0.285. The van der Waals surface area contributed by atoms with Gasteiger partial charge in [0.1, 0.15) is 12.4 Å². The number of aromatic nitrogens is 1. The molecule has 126 valence electrons. The van der Waals surface area contributed by atoms with Gasteiger partial charge in [0.25, 0.3) is 5.91 Å². The lowest BCUT2D eigenvalue weighted by molar-refractivity contribution is 0.0955. The van der Waals surface area contributed by atoms with E-state index in [1.807, 2.05) is 24.4 Å². The van der Waals surface area contributed by atoms with Crippen LogP contribution < -0.4 is 10.2 Å². The third kappa shape index (κ3) is 4.16. The number of nitrogens with zero attached hydrogens (tertiary/aromatic N) is 1. The molecule has 0 saturated carbocycles. The Labute approximate surface area is 153 Å². The fraction of sp³-hybridized carbons (Fsp3) is 0.0526. The van der Waals surface area contributed by atoms with Crippen molar-refractivity contribution < 1.29 is 9.53 Å². The van der Waals surface area contributed by atoms with Gasteiger partial charge >= 0.3 is 0 Å². The number of benzene rings is 2. The van der Waals surface area contributed by atoms with Crippen LogP contribution in [-0.4, -0.2) is 23.7 Å². The summed E-state index contributed by atoms with van der Waals surface area (Å²) in [6.07, 6.45) is 5.13. The van der Waals surface area contributed by atoms with Crippen LogP contribution in [0.1, 0.15) is 15.9 Å². The highest BCUT2D eigenvalue weighted by molar-refractivity contribution is 9.10. The third-order valence-corrected chi connectivity index (χ3v) is 4.02. The normalized spacial score (nSPS) is 10.9. The molecule has 0 bridgehead atoms. The fourth-order valence-corrected chi connectivity index (χ4v) is 2.67. The maximum Gasteiger partial charge on any atom is 0.271 e. The second kappa shape index (κ2) is 7.81. The van der Waals surface area contributed by atoms with E-state index in [2.05, 4.69) is 38.0 Å². The summed E-state index contributed by atoms with van der Waals surface area (Å²) in [6.45, 7) is 4.02. The number of hydrogen-bond donors (Lipinski definition) is 2. The first-order chi connectivity index (χ1) is 12.2. The molecule has 2 N–H and O–H groups in total. The summed E-state index contributed by atoms with van der Waals surface area (Å²) in [7, 11) is 0. The summed E-state index contributed by atoms with van der Waals surface area (Å²) in [5.41, 5.74) is 4.93. The molecule has 0 fully saturated rings. The van der Waals surface area contributed by atoms with Gasteiger partial charge in [-0.2, -0.15) is 5.10 Å². The first-order valence-electron chi connectivity index (χ1n) is 7.61. The third-order valence-electron chi connectivity index (χ3n) is 3.53. The molecule has 1 aromatic heterocycles. The minimum Gasteiger partial charge on any atom is -0.490 e. The van der Waals surface area contributed by atoms with Crippen molar-refractivity contribution in [2.75, 3.05) is 6.61 Å². The fourth-order valence-electron chi connectivity index (χ4n) is 2.30. The predicted octanol–water partition coefficient (Wildman–Crippen LogP) is 4.26. The van der Waals surface area contributed by atoms with Gasteiger partial charge in [-0.1, -0.05) is 28.6 Å². The summed E-state index contributed by atoms with van der Waals surface area (Å²) >= 11 is 3.45. The average molecular weight is 398 g/mol. The lowest BCUT2D eigenvalue weighted by Crippen LogP contribution is -2.17. The van der Waals surface area contributed by atoms with Crippen LogP contribution in [0.4, 0.5) is 0 Å². The Hall–Kier alpha value is -2.86. The van der Waals surface area contributed by atoms with Crippen LogP contribution in [0.15, 0.2) is 70.9 Å². The highest BCUT2D eigenvalue weighted by Crippen LogP contribution is 2.21. The van der Waals surface area contributed by atoms with Gasteiger partial charge in [0, 0.05) is 32.7 Å². The lowest BCUT2D eigenvalue weighted by Gasteiger charge is -2.04. The molecular weight excluding hydrogens is 382 g/mol. The Kier molecular flexibility index (Phi) is 5.30. The number of H-pyrrole nitrogens is 1. The van der Waals surface area contributed by atoms with Gasteiger partial charge in [-0.05, 0) is 42.5 Å². The Balaban J connectivity index is 1.65. The largest absolute Gasteiger partial charge is 0.490 e. The van der Waals surface area contributed by atoms with Crippen molar-refractivity contribution in [2.24, 2.45) is 5.10 Å². The van der Waals surface area contributed by atoms with Gasteiger partial charge in [0.15, 0.2) is 0 Å². The summed E-state index contributed by atoms with van der Waals surface area (Å²) in [4.78, 5) is 15.3. The lowest BCUT2D eigenvalue weighted by atomic mass is 10.2. The molecule has 1 amide bonds. The van der Waals surface area contributed by atoms with Crippen LogP contribution in [0, 0.1) is 0 Å². The van der Waals surface area contributed by atoms with E-state index in [9.17, 15) is 4.79 Å². The summed E-state index contributed by atoms with van der Waals surface area (Å²) in [5.74, 6) is 0.400. The van der Waals surface area contributed by atoms with Crippen LogP contribution in [-0.2, 0) is 0 Å². The van der Waals surface area contributed by atoms with Crippen molar-refractivity contribution in [1.29, 1.82) is 0 Å². The first kappa shape index (κ1) is 17.0. The smallest absolute Gasteiger partial charge is 0.271 e. The monoisotopic (exact) mass is 397 g/mol. The van der Waals surface area contributed by atoms with Crippen molar-refractivity contribution in [3.63, 3.8) is 0 Å². The molecule has 3 rings (SSSR count). The van der Waals surface area contributed by atoms with E-state index in [-0.39, 0.29) is 5.91 Å². The average Bonchev–Trinajstić information content (AvgIpc) is 3.02. The molecule has 0 spiro atoms. The molecule has 25 heavy (non-hydrogen) atoms. The van der Waals surface area contributed by atoms with Gasteiger partial charge in [-0.3, -0.25) is 4.79 Å². The van der Waals surface area contributed by atoms with E-state index >= 15 is 0 Å². The van der Waals surface area contributed by atoms with Crippen molar-refractivity contribution in [3.05, 3.63) is 76.9 Å². The zero-order valence-corrected chi connectivity index (χ0v) is 14.9. The molecule has 0 unspecified atom stereocenters. The SMILES string of the molecule is C=CCOc1ccc(C(=O)N/N=C/c2c[nH]c3ccc(Br)cc23)cc1. The van der Waals surface area contributed by atoms with Crippen LogP contribution in [0.25, 0.3) is 10.9 Å². The van der Waals surface area contributed by atoms with Gasteiger partial charge in [-0.25, -0.2) is 5.43 Å². The van der Waals surface area contributed by atoms with E-state index in [4.69, 9.17) is 4.74 Å². The quantitative estimate of drug-likeness (QED) is 0.370. The number of fused-ring (bicyclic) bond motifs is 1. The maximum absolute atomic E-state index is 12.1. The van der Waals surface area contributed by atoms with Gasteiger partial charge in [-0.15, -0.1) is 0 Å². The number of nitrogens with one attached hydrogen (secondary N) is 2. The number of hydrazone groups is 1. The number of rotatable bonds is 6. The molecule has 0 aliphatic heterocycles. The highest BCUT2D eigenvalue weighted by Gasteiger charge is 2.05. The van der Waals surface area contributed by atoms with E-state index in [0.29, 0.717) is 17.9 Å². The Morgan fingerprint density at radius 1 is 1.28 bits per heavy atom. The second-order valence-electron chi connectivity index (χ2n) is 5.26. The van der Waals surface area contributed by atoms with Crippen LogP contribution >= 0.6 is 15.9 Å². The molecule has 3 aromatic rings. The Bertz CT molecular complexity index is 929. The molecule has 0 aliphatic carbocycles. The number of carbonyl (C=O) groups is 1. The molecule has 0 aliphatic rings. The van der Waals surface area contributed by atoms with Crippen LogP contribution in [0.3, 0.4) is 0 Å².